The van der Waals surface area contributed by atoms with Crippen molar-refractivity contribution in [1.29, 1.82) is 0 Å². The Morgan fingerprint density at radius 3 is 2.53 bits per heavy atom. The molecule has 0 radical (unpaired) electrons. The number of carbonyl (C=O) groups excluding carboxylic acids is 2. The van der Waals surface area contributed by atoms with Crippen molar-refractivity contribution in [1.82, 2.24) is 19.9 Å². The van der Waals surface area contributed by atoms with Crippen molar-refractivity contribution in [2.24, 2.45) is 11.8 Å². The predicted octanol–water partition coefficient (Wildman–Crippen LogP) is 4.02. The molecule has 2 amide bonds. The van der Waals surface area contributed by atoms with Crippen LogP contribution >= 0.6 is 0 Å². The maximum atomic E-state index is 14.4. The Morgan fingerprint density at radius 1 is 1.16 bits per heavy atom. The van der Waals surface area contributed by atoms with Gasteiger partial charge in [-0.25, -0.2) is 19.2 Å². The number of anilines is 2. The lowest BCUT2D eigenvalue weighted by Crippen LogP contribution is -2.37. The first-order valence-electron chi connectivity index (χ1n) is 12.6. The SMILES string of the molecule is CCOc1nc(N2CC3CN(C(=O)OC(C)(C)C)CC3C2)ncc1C(=O)Nc1cc(F)c2nc(C)oc2c1. The number of hydrogen-bond acceptors (Lipinski definition) is 9. The van der Waals surface area contributed by atoms with E-state index in [9.17, 15) is 14.0 Å². The summed E-state index contributed by atoms with van der Waals surface area (Å²) in [4.78, 5) is 42.3. The van der Waals surface area contributed by atoms with E-state index >= 15 is 0 Å². The molecule has 0 bridgehead atoms. The molecule has 202 valence electrons. The van der Waals surface area contributed by atoms with Gasteiger partial charge >= 0.3 is 6.09 Å². The van der Waals surface area contributed by atoms with Gasteiger partial charge in [-0.1, -0.05) is 0 Å². The zero-order valence-corrected chi connectivity index (χ0v) is 22.1. The monoisotopic (exact) mass is 526 g/mol. The predicted molar refractivity (Wildman–Crippen MR) is 137 cm³/mol. The number of oxazole rings is 1. The van der Waals surface area contributed by atoms with Crippen molar-refractivity contribution in [3.05, 3.63) is 35.6 Å². The molecule has 3 aromatic rings. The standard InChI is InChI=1S/C26H31FN6O5/c1-6-36-23-18(22(34)30-17-7-19(27)21-20(8-17)37-14(2)29-21)9-28-24(31-23)32-10-15-12-33(13-16(15)11-32)25(35)38-26(3,4)5/h7-9,15-16H,6,10-13H2,1-5H3,(H,30,34). The van der Waals surface area contributed by atoms with Crippen LogP contribution in [0.2, 0.25) is 0 Å². The number of carbonyl (C=O) groups is 2. The highest BCUT2D eigenvalue weighted by Crippen LogP contribution is 2.34. The van der Waals surface area contributed by atoms with Crippen molar-refractivity contribution in [2.45, 2.75) is 40.2 Å². The molecular formula is C26H31FN6O5. The molecule has 0 aliphatic carbocycles. The number of fused-ring (bicyclic) bond motifs is 2. The zero-order chi connectivity index (χ0) is 27.2. The average molecular weight is 527 g/mol. The molecule has 0 saturated carbocycles. The van der Waals surface area contributed by atoms with Crippen LogP contribution in [0.25, 0.3) is 11.1 Å². The molecule has 2 unspecified atom stereocenters. The quantitative estimate of drug-likeness (QED) is 0.525. The normalized spacial score (nSPS) is 19.1. The van der Waals surface area contributed by atoms with Crippen molar-refractivity contribution >= 4 is 34.7 Å². The number of hydrogen-bond donors (Lipinski definition) is 1. The van der Waals surface area contributed by atoms with E-state index in [4.69, 9.17) is 13.9 Å². The van der Waals surface area contributed by atoms with Gasteiger partial charge in [-0.15, -0.1) is 0 Å². The highest BCUT2D eigenvalue weighted by molar-refractivity contribution is 6.06. The maximum absolute atomic E-state index is 14.4. The Bertz CT molecular complexity index is 1370. The lowest BCUT2D eigenvalue weighted by atomic mass is 10.0. The van der Waals surface area contributed by atoms with Gasteiger partial charge in [-0.3, -0.25) is 4.79 Å². The van der Waals surface area contributed by atoms with Gasteiger partial charge < -0.3 is 29.0 Å². The first kappa shape index (κ1) is 25.7. The molecule has 2 aliphatic rings. The lowest BCUT2D eigenvalue weighted by molar-refractivity contribution is 0.0282. The molecular weight excluding hydrogens is 495 g/mol. The number of likely N-dealkylation sites (tertiary alicyclic amines) is 1. The van der Waals surface area contributed by atoms with Crippen LogP contribution in [0.1, 0.15) is 43.9 Å². The van der Waals surface area contributed by atoms with Gasteiger partial charge in [-0.05, 0) is 33.8 Å². The zero-order valence-electron chi connectivity index (χ0n) is 22.1. The average Bonchev–Trinajstić information content (AvgIpc) is 3.51. The summed E-state index contributed by atoms with van der Waals surface area (Å²) in [6.07, 6.45) is 1.12. The van der Waals surface area contributed by atoms with Crippen molar-refractivity contribution in [3.63, 3.8) is 0 Å². The highest BCUT2D eigenvalue weighted by atomic mass is 19.1. The second-order valence-electron chi connectivity index (χ2n) is 10.6. The summed E-state index contributed by atoms with van der Waals surface area (Å²) in [7, 11) is 0. The van der Waals surface area contributed by atoms with Gasteiger partial charge in [0.05, 0.1) is 6.61 Å². The van der Waals surface area contributed by atoms with Crippen molar-refractivity contribution < 1.29 is 27.9 Å². The number of amides is 2. The largest absolute Gasteiger partial charge is 0.477 e. The Morgan fingerprint density at radius 2 is 1.87 bits per heavy atom. The fourth-order valence-electron chi connectivity index (χ4n) is 4.91. The third-order valence-corrected chi connectivity index (χ3v) is 6.50. The summed E-state index contributed by atoms with van der Waals surface area (Å²) in [5, 5.41) is 2.66. The molecule has 1 aromatic carbocycles. The van der Waals surface area contributed by atoms with Gasteiger partial charge in [0.2, 0.25) is 11.8 Å². The molecule has 2 aliphatic heterocycles. The minimum absolute atomic E-state index is 0.104. The van der Waals surface area contributed by atoms with Crippen LogP contribution in [-0.4, -0.2) is 70.2 Å². The molecule has 12 heteroatoms. The number of ether oxygens (including phenoxy) is 2. The summed E-state index contributed by atoms with van der Waals surface area (Å²) in [5.74, 6) is 0.321. The van der Waals surface area contributed by atoms with Crippen molar-refractivity contribution in [2.75, 3.05) is 43.0 Å². The van der Waals surface area contributed by atoms with Crippen LogP contribution in [0.3, 0.4) is 0 Å². The maximum Gasteiger partial charge on any atom is 0.410 e. The molecule has 4 heterocycles. The first-order valence-corrected chi connectivity index (χ1v) is 12.6. The second kappa shape index (κ2) is 9.73. The minimum atomic E-state index is -0.601. The fourth-order valence-corrected chi connectivity index (χ4v) is 4.91. The summed E-state index contributed by atoms with van der Waals surface area (Å²) >= 11 is 0. The molecule has 5 rings (SSSR count). The summed E-state index contributed by atoms with van der Waals surface area (Å²) in [6, 6.07) is 2.69. The van der Waals surface area contributed by atoms with Crippen LogP contribution in [0, 0.1) is 24.6 Å². The van der Waals surface area contributed by atoms with Crippen LogP contribution in [0.15, 0.2) is 22.7 Å². The van der Waals surface area contributed by atoms with E-state index in [0.29, 0.717) is 44.6 Å². The van der Waals surface area contributed by atoms with Crippen LogP contribution in [-0.2, 0) is 4.74 Å². The number of aryl methyl sites for hydroxylation is 1. The molecule has 1 N–H and O–H groups in total. The minimum Gasteiger partial charge on any atom is -0.477 e. The van der Waals surface area contributed by atoms with Crippen molar-refractivity contribution in [3.8, 4) is 5.88 Å². The van der Waals surface area contributed by atoms with Crippen LogP contribution in [0.5, 0.6) is 5.88 Å². The molecule has 38 heavy (non-hydrogen) atoms. The molecule has 2 atom stereocenters. The third-order valence-electron chi connectivity index (χ3n) is 6.50. The van der Waals surface area contributed by atoms with E-state index in [-0.39, 0.29) is 46.2 Å². The summed E-state index contributed by atoms with van der Waals surface area (Å²) in [5.41, 5.74) is 0.144. The Kier molecular flexibility index (Phi) is 6.58. The van der Waals surface area contributed by atoms with Crippen LogP contribution < -0.4 is 15.0 Å². The second-order valence-corrected chi connectivity index (χ2v) is 10.6. The molecule has 2 aromatic heterocycles. The topological polar surface area (TPSA) is 123 Å². The number of nitrogens with zero attached hydrogens (tertiary/aromatic N) is 5. The van der Waals surface area contributed by atoms with Gasteiger partial charge in [0.25, 0.3) is 5.91 Å². The molecule has 0 spiro atoms. The van der Waals surface area contributed by atoms with Crippen LogP contribution in [0.4, 0.5) is 20.8 Å². The van der Waals surface area contributed by atoms with E-state index in [1.165, 1.54) is 18.3 Å². The smallest absolute Gasteiger partial charge is 0.410 e. The van der Waals surface area contributed by atoms with E-state index in [0.717, 1.165) is 0 Å². The molecule has 2 saturated heterocycles. The molecule has 11 nitrogen and oxygen atoms in total. The number of aromatic nitrogens is 3. The third kappa shape index (κ3) is 5.20. The first-order chi connectivity index (χ1) is 18.0. The van der Waals surface area contributed by atoms with E-state index in [1.54, 1.807) is 18.7 Å². The van der Waals surface area contributed by atoms with E-state index in [1.807, 2.05) is 25.7 Å². The Balaban J connectivity index is 1.28. The van der Waals surface area contributed by atoms with Gasteiger partial charge in [0.15, 0.2) is 17.3 Å². The van der Waals surface area contributed by atoms with E-state index in [2.05, 4.69) is 20.3 Å². The lowest BCUT2D eigenvalue weighted by Gasteiger charge is -2.26. The van der Waals surface area contributed by atoms with E-state index < -0.39 is 17.3 Å². The summed E-state index contributed by atoms with van der Waals surface area (Å²) < 4.78 is 31.0. The van der Waals surface area contributed by atoms with Gasteiger partial charge in [-0.2, -0.15) is 4.98 Å². The van der Waals surface area contributed by atoms with Gasteiger partial charge in [0.1, 0.15) is 16.7 Å². The fraction of sp³-hybridized carbons (Fsp3) is 0.500. The van der Waals surface area contributed by atoms with Gasteiger partial charge in [0, 0.05) is 62.9 Å². The molecule has 2 fully saturated rings. The number of rotatable bonds is 5. The highest BCUT2D eigenvalue weighted by Gasteiger charge is 2.43. The Labute approximate surface area is 219 Å². The Hall–Kier alpha value is -3.96. The number of benzene rings is 1. The summed E-state index contributed by atoms with van der Waals surface area (Å²) in [6.45, 7) is 11.9. The number of halogens is 1. The number of nitrogens with one attached hydrogen (secondary N) is 1.